The zero-order valence-corrected chi connectivity index (χ0v) is 13.2. The summed E-state index contributed by atoms with van der Waals surface area (Å²) in [5, 5.41) is 3.08. The molecule has 0 aromatic heterocycles. The van der Waals surface area contributed by atoms with E-state index in [1.165, 1.54) is 0 Å². The van der Waals surface area contributed by atoms with Crippen LogP contribution in [0, 0.1) is 5.92 Å². The van der Waals surface area contributed by atoms with E-state index in [-0.39, 0.29) is 11.9 Å². The van der Waals surface area contributed by atoms with Gasteiger partial charge in [-0.3, -0.25) is 9.79 Å². The first kappa shape index (κ1) is 18.1. The number of carbonyl (C=O) groups excluding carboxylic acids is 1. The Morgan fingerprint density at radius 1 is 1.16 bits per heavy atom. The summed E-state index contributed by atoms with van der Waals surface area (Å²) in [6.45, 7) is 9.63. The molecule has 0 rings (SSSR count). The number of carbonyl (C=O) groups is 1. The Bertz CT molecular complexity index is 275. The van der Waals surface area contributed by atoms with Gasteiger partial charge in [-0.15, -0.1) is 0 Å². The van der Waals surface area contributed by atoms with Gasteiger partial charge in [0, 0.05) is 25.8 Å². The number of hydrogen-bond donors (Lipinski definition) is 1. The van der Waals surface area contributed by atoms with Crippen LogP contribution in [0.4, 0.5) is 0 Å². The summed E-state index contributed by atoms with van der Waals surface area (Å²) in [5.74, 6) is 0.401. The zero-order valence-electron chi connectivity index (χ0n) is 13.2. The number of nitrogens with zero attached hydrogens (tertiary/aromatic N) is 1. The molecule has 0 aliphatic heterocycles. The maximum absolute atomic E-state index is 11.9. The van der Waals surface area contributed by atoms with Gasteiger partial charge >= 0.3 is 0 Å². The second-order valence-electron chi connectivity index (χ2n) is 5.12. The zero-order chi connectivity index (χ0) is 14.7. The van der Waals surface area contributed by atoms with Crippen LogP contribution >= 0.6 is 0 Å². The molecule has 1 atom stereocenters. The van der Waals surface area contributed by atoms with Crippen molar-refractivity contribution in [2.45, 2.75) is 59.4 Å². The Balaban J connectivity index is 4.30. The van der Waals surface area contributed by atoms with Crippen molar-refractivity contribution in [3.63, 3.8) is 0 Å². The standard InChI is InChI=1S/C15H30N2O2/c1-6-8-13(16-5)15(12(3)4)17-14(18)9-11-19-10-7-2/h12,15H,6-11H2,1-5H3,(H,17,18). The van der Waals surface area contributed by atoms with Crippen LogP contribution in [-0.4, -0.2) is 37.9 Å². The first-order chi connectivity index (χ1) is 9.06. The number of amides is 1. The van der Waals surface area contributed by atoms with E-state index < -0.39 is 0 Å². The summed E-state index contributed by atoms with van der Waals surface area (Å²) in [6.07, 6.45) is 3.39. The molecule has 0 radical (unpaired) electrons. The molecular formula is C15H30N2O2. The van der Waals surface area contributed by atoms with Crippen LogP contribution in [0.15, 0.2) is 4.99 Å². The van der Waals surface area contributed by atoms with Crippen molar-refractivity contribution in [3.8, 4) is 0 Å². The van der Waals surface area contributed by atoms with Crippen LogP contribution in [0.5, 0.6) is 0 Å². The topological polar surface area (TPSA) is 50.7 Å². The molecule has 1 amide bonds. The molecule has 0 aliphatic carbocycles. The minimum atomic E-state index is 0.0450. The van der Waals surface area contributed by atoms with Crippen molar-refractivity contribution in [2.24, 2.45) is 10.9 Å². The molecule has 0 saturated carbocycles. The van der Waals surface area contributed by atoms with Crippen molar-refractivity contribution in [1.82, 2.24) is 5.32 Å². The van der Waals surface area contributed by atoms with E-state index in [0.717, 1.165) is 31.6 Å². The van der Waals surface area contributed by atoms with Crippen LogP contribution in [0.2, 0.25) is 0 Å². The van der Waals surface area contributed by atoms with E-state index >= 15 is 0 Å². The molecule has 0 aromatic carbocycles. The molecule has 0 saturated heterocycles. The highest BCUT2D eigenvalue weighted by atomic mass is 16.5. The van der Waals surface area contributed by atoms with Gasteiger partial charge in [0.15, 0.2) is 0 Å². The van der Waals surface area contributed by atoms with Crippen LogP contribution in [0.25, 0.3) is 0 Å². The third-order valence-corrected chi connectivity index (χ3v) is 2.96. The second kappa shape index (κ2) is 11.0. The predicted molar refractivity (Wildman–Crippen MR) is 80.8 cm³/mol. The normalized spacial score (nSPS) is 13.7. The minimum absolute atomic E-state index is 0.0450. The Kier molecular flexibility index (Phi) is 10.5. The van der Waals surface area contributed by atoms with Gasteiger partial charge < -0.3 is 10.1 Å². The van der Waals surface area contributed by atoms with Crippen molar-refractivity contribution in [1.29, 1.82) is 0 Å². The number of hydrogen-bond acceptors (Lipinski definition) is 3. The third-order valence-electron chi connectivity index (χ3n) is 2.96. The fourth-order valence-corrected chi connectivity index (χ4v) is 1.95. The van der Waals surface area contributed by atoms with Gasteiger partial charge in [-0.1, -0.05) is 34.1 Å². The Hall–Kier alpha value is -0.900. The molecule has 0 heterocycles. The highest BCUT2D eigenvalue weighted by molar-refractivity contribution is 5.93. The van der Waals surface area contributed by atoms with Crippen LogP contribution < -0.4 is 5.32 Å². The lowest BCUT2D eigenvalue weighted by atomic mass is 9.96. The fraction of sp³-hybridized carbons (Fsp3) is 0.867. The average Bonchev–Trinajstić information content (AvgIpc) is 2.38. The molecule has 0 aromatic rings. The fourth-order valence-electron chi connectivity index (χ4n) is 1.95. The van der Waals surface area contributed by atoms with Gasteiger partial charge in [0.1, 0.15) is 0 Å². The number of ether oxygens (including phenoxy) is 1. The summed E-state index contributed by atoms with van der Waals surface area (Å²) >= 11 is 0. The van der Waals surface area contributed by atoms with Crippen LogP contribution in [-0.2, 0) is 9.53 Å². The van der Waals surface area contributed by atoms with Crippen molar-refractivity contribution in [2.75, 3.05) is 20.3 Å². The first-order valence-electron chi connectivity index (χ1n) is 7.39. The predicted octanol–water partition coefficient (Wildman–Crippen LogP) is 2.81. The summed E-state index contributed by atoms with van der Waals surface area (Å²) in [4.78, 5) is 16.2. The van der Waals surface area contributed by atoms with E-state index in [1.807, 2.05) is 0 Å². The summed E-state index contributed by atoms with van der Waals surface area (Å²) in [6, 6.07) is 0.0450. The van der Waals surface area contributed by atoms with Gasteiger partial charge in [0.2, 0.25) is 5.91 Å². The monoisotopic (exact) mass is 270 g/mol. The van der Waals surface area contributed by atoms with Gasteiger partial charge in [0.05, 0.1) is 12.6 Å². The largest absolute Gasteiger partial charge is 0.381 e. The van der Waals surface area contributed by atoms with Gasteiger partial charge in [-0.2, -0.15) is 0 Å². The molecule has 4 nitrogen and oxygen atoms in total. The van der Waals surface area contributed by atoms with Crippen LogP contribution in [0.1, 0.15) is 53.4 Å². The lowest BCUT2D eigenvalue weighted by molar-refractivity contribution is -0.122. The molecule has 0 fully saturated rings. The average molecular weight is 270 g/mol. The molecule has 0 aliphatic rings. The molecule has 112 valence electrons. The lowest BCUT2D eigenvalue weighted by Gasteiger charge is -2.24. The maximum atomic E-state index is 11.9. The van der Waals surface area contributed by atoms with Gasteiger partial charge in [-0.25, -0.2) is 0 Å². The van der Waals surface area contributed by atoms with E-state index in [9.17, 15) is 4.79 Å². The number of nitrogens with one attached hydrogen (secondary N) is 1. The van der Waals surface area contributed by atoms with Crippen molar-refractivity contribution >= 4 is 11.6 Å². The molecule has 0 spiro atoms. The van der Waals surface area contributed by atoms with E-state index in [0.29, 0.717) is 18.9 Å². The quantitative estimate of drug-likeness (QED) is 0.490. The Labute approximate surface area is 118 Å². The Morgan fingerprint density at radius 3 is 2.32 bits per heavy atom. The number of rotatable bonds is 10. The molecule has 1 unspecified atom stereocenters. The Morgan fingerprint density at radius 2 is 1.84 bits per heavy atom. The molecule has 19 heavy (non-hydrogen) atoms. The summed E-state index contributed by atoms with van der Waals surface area (Å²) in [7, 11) is 1.80. The summed E-state index contributed by atoms with van der Waals surface area (Å²) in [5.41, 5.74) is 1.08. The summed E-state index contributed by atoms with van der Waals surface area (Å²) < 4.78 is 5.34. The second-order valence-corrected chi connectivity index (χ2v) is 5.12. The minimum Gasteiger partial charge on any atom is -0.381 e. The molecule has 0 bridgehead atoms. The van der Waals surface area contributed by atoms with Crippen LogP contribution in [0.3, 0.4) is 0 Å². The van der Waals surface area contributed by atoms with Crippen molar-refractivity contribution in [3.05, 3.63) is 0 Å². The molecule has 1 N–H and O–H groups in total. The van der Waals surface area contributed by atoms with Gasteiger partial charge in [-0.05, 0) is 18.8 Å². The van der Waals surface area contributed by atoms with Crippen molar-refractivity contribution < 1.29 is 9.53 Å². The van der Waals surface area contributed by atoms with E-state index in [1.54, 1.807) is 7.05 Å². The van der Waals surface area contributed by atoms with E-state index in [4.69, 9.17) is 4.74 Å². The SMILES string of the molecule is CCCOCCC(=O)NC(C(CCC)=NC)C(C)C. The number of aliphatic imine (C=N–C) groups is 1. The first-order valence-corrected chi connectivity index (χ1v) is 7.39. The third kappa shape index (κ3) is 7.98. The van der Waals surface area contributed by atoms with E-state index in [2.05, 4.69) is 38.0 Å². The van der Waals surface area contributed by atoms with Gasteiger partial charge in [0.25, 0.3) is 0 Å². The smallest absolute Gasteiger partial charge is 0.222 e. The highest BCUT2D eigenvalue weighted by Gasteiger charge is 2.20. The highest BCUT2D eigenvalue weighted by Crippen LogP contribution is 2.09. The maximum Gasteiger partial charge on any atom is 0.222 e. The molecule has 4 heteroatoms. The lowest BCUT2D eigenvalue weighted by Crippen LogP contribution is -2.44. The molecular weight excluding hydrogens is 240 g/mol.